The summed E-state index contributed by atoms with van der Waals surface area (Å²) in [5.41, 5.74) is 1.68. The molecular weight excluding hydrogens is 350 g/mol. The number of alkyl halides is 2. The summed E-state index contributed by atoms with van der Waals surface area (Å²) in [7, 11) is 0. The van der Waals surface area contributed by atoms with E-state index in [4.69, 9.17) is 4.74 Å². The van der Waals surface area contributed by atoms with Gasteiger partial charge in [-0.1, -0.05) is 6.07 Å². The van der Waals surface area contributed by atoms with Gasteiger partial charge >= 0.3 is 0 Å². The molecule has 1 saturated heterocycles. The van der Waals surface area contributed by atoms with Crippen molar-refractivity contribution in [2.75, 3.05) is 18.0 Å². The molecule has 2 aromatic heterocycles. The fraction of sp³-hybridized carbons (Fsp3) is 0.400. The topological polar surface area (TPSA) is 43.2 Å². The van der Waals surface area contributed by atoms with E-state index >= 15 is 0 Å². The molecule has 0 N–H and O–H groups in total. The monoisotopic (exact) mass is 372 g/mol. The van der Waals surface area contributed by atoms with Gasteiger partial charge < -0.3 is 14.2 Å². The lowest BCUT2D eigenvalue weighted by molar-refractivity contribution is 0.128. The third kappa shape index (κ3) is 3.86. The summed E-state index contributed by atoms with van der Waals surface area (Å²) in [4.78, 5) is 2.21. The quantitative estimate of drug-likeness (QED) is 0.678. The first-order valence-corrected chi connectivity index (χ1v) is 9.18. The largest absolute Gasteiger partial charge is 0.490 e. The van der Waals surface area contributed by atoms with Crippen molar-refractivity contribution in [1.29, 1.82) is 0 Å². The first-order valence-electron chi connectivity index (χ1n) is 9.18. The third-order valence-corrected chi connectivity index (χ3v) is 4.95. The molecule has 0 spiro atoms. The Labute approximate surface area is 156 Å². The molecule has 142 valence electrons. The van der Waals surface area contributed by atoms with Crippen LogP contribution in [-0.2, 0) is 6.54 Å². The molecule has 7 heteroatoms. The Morgan fingerprint density at radius 3 is 2.63 bits per heavy atom. The predicted molar refractivity (Wildman–Crippen MR) is 101 cm³/mol. The number of piperidine rings is 1. The Balaban J connectivity index is 1.43. The maximum absolute atomic E-state index is 12.7. The van der Waals surface area contributed by atoms with Crippen molar-refractivity contribution in [3.8, 4) is 5.75 Å². The molecule has 1 aliphatic heterocycles. The van der Waals surface area contributed by atoms with E-state index in [0.717, 1.165) is 54.1 Å². The summed E-state index contributed by atoms with van der Waals surface area (Å²) in [5, 5.41) is 9.25. The Morgan fingerprint density at radius 2 is 1.93 bits per heavy atom. The Bertz CT molecular complexity index is 902. The van der Waals surface area contributed by atoms with Gasteiger partial charge in [0.05, 0.1) is 17.8 Å². The summed E-state index contributed by atoms with van der Waals surface area (Å²) in [6.07, 6.45) is 1.18. The summed E-state index contributed by atoms with van der Waals surface area (Å²) in [6.45, 7) is 3.32. The van der Waals surface area contributed by atoms with Crippen molar-refractivity contribution in [2.24, 2.45) is 0 Å². The van der Waals surface area contributed by atoms with Gasteiger partial charge in [-0.05, 0) is 37.3 Å². The minimum Gasteiger partial charge on any atom is -0.490 e. The molecule has 0 atom stereocenters. The maximum Gasteiger partial charge on any atom is 0.256 e. The van der Waals surface area contributed by atoms with Crippen LogP contribution >= 0.6 is 0 Å². The molecule has 27 heavy (non-hydrogen) atoms. The zero-order valence-corrected chi connectivity index (χ0v) is 15.2. The van der Waals surface area contributed by atoms with E-state index in [0.29, 0.717) is 0 Å². The van der Waals surface area contributed by atoms with Crippen LogP contribution in [0.5, 0.6) is 5.75 Å². The highest BCUT2D eigenvalue weighted by molar-refractivity contribution is 5.86. The molecule has 3 heterocycles. The van der Waals surface area contributed by atoms with Crippen molar-refractivity contribution in [1.82, 2.24) is 14.8 Å². The molecule has 0 radical (unpaired) electrons. The van der Waals surface area contributed by atoms with E-state index in [9.17, 15) is 8.78 Å². The van der Waals surface area contributed by atoms with Gasteiger partial charge in [-0.15, -0.1) is 5.10 Å². The second kappa shape index (κ2) is 7.50. The molecule has 0 aliphatic carbocycles. The molecule has 1 fully saturated rings. The summed E-state index contributed by atoms with van der Waals surface area (Å²) < 4.78 is 33.3. The van der Waals surface area contributed by atoms with Crippen LogP contribution in [0, 0.1) is 6.92 Å². The van der Waals surface area contributed by atoms with Crippen molar-refractivity contribution in [2.45, 2.75) is 38.8 Å². The molecule has 0 unspecified atom stereocenters. The first kappa shape index (κ1) is 17.7. The van der Waals surface area contributed by atoms with Crippen LogP contribution in [0.1, 0.15) is 18.5 Å². The average molecular weight is 372 g/mol. The van der Waals surface area contributed by atoms with E-state index in [1.54, 1.807) is 10.8 Å². The van der Waals surface area contributed by atoms with Gasteiger partial charge in [0.2, 0.25) is 0 Å². The van der Waals surface area contributed by atoms with Crippen LogP contribution in [-0.4, -0.2) is 40.4 Å². The summed E-state index contributed by atoms with van der Waals surface area (Å²) in [5.74, 6) is 1.65. The number of rotatable bonds is 5. The van der Waals surface area contributed by atoms with Crippen LogP contribution in [0.4, 0.5) is 14.6 Å². The first-order chi connectivity index (χ1) is 13.1. The molecule has 1 aliphatic rings. The number of nitrogens with zero attached hydrogens (tertiary/aromatic N) is 4. The molecule has 4 rings (SSSR count). The van der Waals surface area contributed by atoms with Gasteiger partial charge in [0.1, 0.15) is 11.9 Å². The highest BCUT2D eigenvalue weighted by Gasteiger charge is 2.22. The lowest BCUT2D eigenvalue weighted by Gasteiger charge is -2.32. The average Bonchev–Trinajstić information content (AvgIpc) is 3.06. The fourth-order valence-corrected chi connectivity index (χ4v) is 3.55. The van der Waals surface area contributed by atoms with Gasteiger partial charge in [0, 0.05) is 37.5 Å². The van der Waals surface area contributed by atoms with Gasteiger partial charge in [-0.3, -0.25) is 0 Å². The van der Waals surface area contributed by atoms with Crippen molar-refractivity contribution in [3.05, 3.63) is 48.3 Å². The molecule has 0 amide bonds. The number of hydrogen-bond acceptors (Lipinski definition) is 4. The minimum atomic E-state index is -2.38. The number of aryl methyl sites for hydroxylation is 1. The summed E-state index contributed by atoms with van der Waals surface area (Å²) in [6, 6.07) is 11.4. The molecule has 5 nitrogen and oxygen atoms in total. The van der Waals surface area contributed by atoms with E-state index < -0.39 is 6.43 Å². The Morgan fingerprint density at radius 1 is 1.11 bits per heavy atom. The summed E-state index contributed by atoms with van der Waals surface area (Å²) >= 11 is 0. The maximum atomic E-state index is 12.7. The number of aromatic nitrogens is 3. The van der Waals surface area contributed by atoms with Gasteiger partial charge in [0.25, 0.3) is 6.43 Å². The Hall–Kier alpha value is -2.70. The van der Waals surface area contributed by atoms with Crippen molar-refractivity contribution >= 4 is 16.7 Å². The van der Waals surface area contributed by atoms with Gasteiger partial charge in [-0.2, -0.15) is 5.10 Å². The van der Waals surface area contributed by atoms with Gasteiger partial charge in [-0.25, -0.2) is 8.78 Å². The number of fused-ring (bicyclic) bond motifs is 1. The van der Waals surface area contributed by atoms with Crippen LogP contribution in [0.2, 0.25) is 0 Å². The van der Waals surface area contributed by atoms with Crippen LogP contribution in [0.3, 0.4) is 0 Å². The smallest absolute Gasteiger partial charge is 0.256 e. The highest BCUT2D eigenvalue weighted by atomic mass is 19.3. The van der Waals surface area contributed by atoms with E-state index in [-0.39, 0.29) is 12.6 Å². The lowest BCUT2D eigenvalue weighted by atomic mass is 10.1. The second-order valence-corrected chi connectivity index (χ2v) is 6.89. The molecule has 0 bridgehead atoms. The van der Waals surface area contributed by atoms with Crippen molar-refractivity contribution < 1.29 is 13.5 Å². The van der Waals surface area contributed by atoms with Crippen molar-refractivity contribution in [3.63, 3.8) is 0 Å². The minimum absolute atomic E-state index is 0.101. The van der Waals surface area contributed by atoms with Crippen LogP contribution in [0.25, 0.3) is 10.9 Å². The SMILES string of the molecule is Cc1ccc(N2CCC(Oc3cccc4c3ccn4CC(F)F)CC2)nn1. The van der Waals surface area contributed by atoms with E-state index in [1.807, 2.05) is 43.3 Å². The predicted octanol–water partition coefficient (Wildman–Crippen LogP) is 4.05. The number of anilines is 1. The van der Waals surface area contributed by atoms with Crippen LogP contribution in [0.15, 0.2) is 42.6 Å². The zero-order chi connectivity index (χ0) is 18.8. The fourth-order valence-electron chi connectivity index (χ4n) is 3.55. The number of halogens is 2. The van der Waals surface area contributed by atoms with Crippen LogP contribution < -0.4 is 9.64 Å². The molecule has 0 saturated carbocycles. The molecular formula is C20H22F2N4O. The Kier molecular flexibility index (Phi) is 4.92. The number of benzene rings is 1. The molecule has 3 aromatic rings. The number of ether oxygens (including phenoxy) is 1. The third-order valence-electron chi connectivity index (χ3n) is 4.95. The van der Waals surface area contributed by atoms with E-state index in [1.165, 1.54) is 0 Å². The normalized spacial score (nSPS) is 15.6. The number of hydrogen-bond donors (Lipinski definition) is 0. The lowest BCUT2D eigenvalue weighted by Crippen LogP contribution is -2.38. The van der Waals surface area contributed by atoms with Gasteiger partial charge in [0.15, 0.2) is 5.82 Å². The zero-order valence-electron chi connectivity index (χ0n) is 15.2. The van der Waals surface area contributed by atoms with E-state index in [2.05, 4.69) is 15.1 Å². The highest BCUT2D eigenvalue weighted by Crippen LogP contribution is 2.30. The second-order valence-electron chi connectivity index (χ2n) is 6.89. The molecule has 1 aromatic carbocycles. The standard InChI is InChI=1S/C20H22F2N4O/c1-14-5-6-20(24-23-14)25-10-7-15(8-11-25)27-18-4-2-3-17-16(18)9-12-26(17)13-19(21)22/h2-6,9,12,15,19H,7-8,10-11,13H2,1H3.